The molecule has 0 spiro atoms. The highest BCUT2D eigenvalue weighted by Gasteiger charge is 2.40. The number of hydrogen-bond donors (Lipinski definition) is 2. The van der Waals surface area contributed by atoms with E-state index in [4.69, 9.17) is 20.2 Å². The summed E-state index contributed by atoms with van der Waals surface area (Å²) in [5.74, 6) is -1.05. The summed E-state index contributed by atoms with van der Waals surface area (Å²) in [7, 11) is 1.42. The number of fused-ring (bicyclic) bond motifs is 1. The van der Waals surface area contributed by atoms with Gasteiger partial charge in [0.2, 0.25) is 0 Å². The molecule has 0 radical (unpaired) electrons. The number of methoxy groups -OCH3 is 1. The highest BCUT2D eigenvalue weighted by Crippen LogP contribution is 2.38. The van der Waals surface area contributed by atoms with Crippen molar-refractivity contribution in [2.45, 2.75) is 37.8 Å². The van der Waals surface area contributed by atoms with E-state index in [2.05, 4.69) is 27.1 Å². The van der Waals surface area contributed by atoms with Crippen LogP contribution in [0.2, 0.25) is 0 Å². The third kappa shape index (κ3) is 6.69. The maximum Gasteiger partial charge on any atom is 0.416 e. The van der Waals surface area contributed by atoms with Crippen molar-refractivity contribution >= 4 is 23.1 Å². The van der Waals surface area contributed by atoms with Gasteiger partial charge in [0.1, 0.15) is 52.2 Å². The summed E-state index contributed by atoms with van der Waals surface area (Å²) in [5, 5.41) is 2.40. The number of pyridine rings is 1. The Morgan fingerprint density at radius 3 is 2.55 bits per heavy atom. The fourth-order valence-electron chi connectivity index (χ4n) is 6.62. The Morgan fingerprint density at radius 1 is 1.06 bits per heavy atom. The summed E-state index contributed by atoms with van der Waals surface area (Å²) in [6, 6.07) is 10.2. The molecular formula is C35H33F5N8O3. The number of morpholine rings is 1. The lowest BCUT2D eigenvalue weighted by Gasteiger charge is -2.50. The van der Waals surface area contributed by atoms with E-state index < -0.39 is 35.4 Å². The molecule has 16 heteroatoms. The van der Waals surface area contributed by atoms with Crippen molar-refractivity contribution in [2.24, 2.45) is 0 Å². The second-order valence-electron chi connectivity index (χ2n) is 12.6. The number of halogens is 5. The first kappa shape index (κ1) is 34.3. The van der Waals surface area contributed by atoms with Crippen LogP contribution in [-0.2, 0) is 17.5 Å². The van der Waals surface area contributed by atoms with Crippen LogP contribution >= 0.6 is 0 Å². The number of amides is 1. The van der Waals surface area contributed by atoms with E-state index in [9.17, 15) is 26.7 Å². The van der Waals surface area contributed by atoms with Crippen molar-refractivity contribution < 1.29 is 36.2 Å². The van der Waals surface area contributed by atoms with Crippen LogP contribution in [0.15, 0.2) is 67.1 Å². The monoisotopic (exact) mass is 708 g/mol. The molecule has 0 aliphatic carbocycles. The zero-order valence-corrected chi connectivity index (χ0v) is 27.5. The Balaban J connectivity index is 1.13. The van der Waals surface area contributed by atoms with Gasteiger partial charge in [-0.25, -0.2) is 23.7 Å². The molecule has 2 aliphatic rings. The highest BCUT2D eigenvalue weighted by molar-refractivity contribution is 6.04. The number of ether oxygens (including phenoxy) is 2. The quantitative estimate of drug-likeness (QED) is 0.199. The van der Waals surface area contributed by atoms with Gasteiger partial charge in [0.25, 0.3) is 5.91 Å². The van der Waals surface area contributed by atoms with Crippen LogP contribution in [0.3, 0.4) is 0 Å². The molecule has 266 valence electrons. The van der Waals surface area contributed by atoms with E-state index in [0.29, 0.717) is 48.8 Å². The first-order valence-corrected chi connectivity index (χ1v) is 16.1. The fourth-order valence-corrected chi connectivity index (χ4v) is 6.62. The largest absolute Gasteiger partial charge is 0.496 e. The smallest absolute Gasteiger partial charge is 0.416 e. The SMILES string of the molecule is COc1cc(C(=O)Nc2cc(C(F)(F)F)ccn2)ccc1-c1nc([C@H]2CN(C3CN(Cc4c(F)cccc4F)C3)[C@@H](C)CO2)n2ccnc(N)c12. The number of hydrogen-bond acceptors (Lipinski definition) is 9. The molecule has 3 N–H and O–H groups in total. The Bertz CT molecular complexity index is 2080. The lowest BCUT2D eigenvalue weighted by atomic mass is 10.0. The number of alkyl halides is 3. The molecule has 2 fully saturated rings. The minimum atomic E-state index is -4.60. The molecule has 11 nitrogen and oxygen atoms in total. The predicted molar refractivity (Wildman–Crippen MR) is 177 cm³/mol. The summed E-state index contributed by atoms with van der Waals surface area (Å²) in [6.07, 6.45) is -0.819. The Kier molecular flexibility index (Phi) is 9.07. The molecule has 1 amide bonds. The van der Waals surface area contributed by atoms with Crippen molar-refractivity contribution in [1.29, 1.82) is 0 Å². The zero-order valence-electron chi connectivity index (χ0n) is 27.5. The van der Waals surface area contributed by atoms with Crippen LogP contribution in [0.25, 0.3) is 16.8 Å². The molecule has 51 heavy (non-hydrogen) atoms. The maximum atomic E-state index is 14.3. The van der Waals surface area contributed by atoms with Crippen molar-refractivity contribution in [3.8, 4) is 17.0 Å². The van der Waals surface area contributed by atoms with Gasteiger partial charge in [-0.3, -0.25) is 19.0 Å². The Hall–Kier alpha value is -5.19. The number of anilines is 2. The third-order valence-electron chi connectivity index (χ3n) is 9.28. The molecule has 0 bridgehead atoms. The fraction of sp³-hybridized carbons (Fsp3) is 0.314. The van der Waals surface area contributed by atoms with Crippen LogP contribution in [0, 0.1) is 11.6 Å². The van der Waals surface area contributed by atoms with Gasteiger partial charge in [-0.05, 0) is 49.4 Å². The van der Waals surface area contributed by atoms with E-state index in [1.165, 1.54) is 37.4 Å². The van der Waals surface area contributed by atoms with Crippen LogP contribution < -0.4 is 15.8 Å². The molecule has 0 saturated carbocycles. The average Bonchev–Trinajstić information content (AvgIpc) is 3.48. The van der Waals surface area contributed by atoms with Gasteiger partial charge in [-0.1, -0.05) is 6.07 Å². The molecule has 0 unspecified atom stereocenters. The predicted octanol–water partition coefficient (Wildman–Crippen LogP) is 5.58. The van der Waals surface area contributed by atoms with Gasteiger partial charge < -0.3 is 20.5 Å². The molecule has 5 heterocycles. The zero-order chi connectivity index (χ0) is 36.0. The summed E-state index contributed by atoms with van der Waals surface area (Å²) < 4.78 is 81.8. The highest BCUT2D eigenvalue weighted by atomic mass is 19.4. The van der Waals surface area contributed by atoms with Crippen LogP contribution in [0.4, 0.5) is 33.6 Å². The summed E-state index contributed by atoms with van der Waals surface area (Å²) in [5.41, 5.74) is 7.02. The number of rotatable bonds is 8. The Labute approximate surface area is 288 Å². The topological polar surface area (TPSA) is 123 Å². The van der Waals surface area contributed by atoms with Crippen LogP contribution in [0.5, 0.6) is 5.75 Å². The summed E-state index contributed by atoms with van der Waals surface area (Å²) in [4.78, 5) is 30.5. The number of aromatic nitrogens is 4. The average molecular weight is 709 g/mol. The molecule has 3 aromatic heterocycles. The van der Waals surface area contributed by atoms with E-state index >= 15 is 0 Å². The van der Waals surface area contributed by atoms with Gasteiger partial charge in [0.15, 0.2) is 0 Å². The number of imidazole rings is 1. The van der Waals surface area contributed by atoms with Crippen molar-refractivity contribution in [3.05, 3.63) is 101 Å². The summed E-state index contributed by atoms with van der Waals surface area (Å²) in [6.45, 7) is 4.43. The molecule has 2 aromatic carbocycles. The Morgan fingerprint density at radius 2 is 1.82 bits per heavy atom. The van der Waals surface area contributed by atoms with Crippen LogP contribution in [-0.4, -0.2) is 80.5 Å². The minimum Gasteiger partial charge on any atom is -0.496 e. The molecule has 5 aromatic rings. The van der Waals surface area contributed by atoms with Crippen molar-refractivity contribution in [3.63, 3.8) is 0 Å². The van der Waals surface area contributed by atoms with Gasteiger partial charge in [0, 0.05) is 73.5 Å². The molecule has 7 rings (SSSR count). The molecular weight excluding hydrogens is 675 g/mol. The van der Waals surface area contributed by atoms with E-state index in [0.717, 1.165) is 18.3 Å². The van der Waals surface area contributed by atoms with E-state index in [1.54, 1.807) is 18.5 Å². The normalized spacial score (nSPS) is 18.9. The summed E-state index contributed by atoms with van der Waals surface area (Å²) >= 11 is 0. The number of nitrogens with zero attached hydrogens (tertiary/aromatic N) is 6. The molecule has 2 saturated heterocycles. The second kappa shape index (κ2) is 13.5. The first-order valence-electron chi connectivity index (χ1n) is 16.1. The minimum absolute atomic E-state index is 0.0586. The third-order valence-corrected chi connectivity index (χ3v) is 9.28. The van der Waals surface area contributed by atoms with Crippen molar-refractivity contribution in [2.75, 3.05) is 44.4 Å². The molecule has 2 aliphatic heterocycles. The first-order chi connectivity index (χ1) is 24.4. The van der Waals surface area contributed by atoms with E-state index in [1.807, 2.05) is 9.30 Å². The number of benzene rings is 2. The second-order valence-corrected chi connectivity index (χ2v) is 12.6. The number of nitrogens with one attached hydrogen (secondary N) is 1. The lowest BCUT2D eigenvalue weighted by Crippen LogP contribution is -2.63. The van der Waals surface area contributed by atoms with Gasteiger partial charge >= 0.3 is 6.18 Å². The van der Waals surface area contributed by atoms with Gasteiger partial charge in [0.05, 0.1) is 19.3 Å². The number of carbonyl (C=O) groups excluding carboxylic acids is 1. The van der Waals surface area contributed by atoms with Crippen LogP contribution in [0.1, 0.15) is 40.3 Å². The van der Waals surface area contributed by atoms with E-state index in [-0.39, 0.29) is 47.1 Å². The number of nitrogens with two attached hydrogens (primary N) is 1. The lowest BCUT2D eigenvalue weighted by molar-refractivity contribution is -0.137. The van der Waals surface area contributed by atoms with Crippen molar-refractivity contribution in [1.82, 2.24) is 29.2 Å². The number of carbonyl (C=O) groups is 1. The maximum absolute atomic E-state index is 14.3. The van der Waals surface area contributed by atoms with Gasteiger partial charge in [-0.2, -0.15) is 13.2 Å². The number of likely N-dealkylation sites (tertiary alicyclic amines) is 1. The van der Waals surface area contributed by atoms with Gasteiger partial charge in [-0.15, -0.1) is 0 Å². The molecule has 2 atom stereocenters. The standard InChI is InChI=1S/C35H33F5N8O3/c1-19-18-51-28(17-48(19)22-14-46(15-22)16-24-25(36)4-3-5-26(24)37)33-45-30(31-32(41)43-10-11-47(31)33)23-7-6-20(12-27(23)50-2)34(49)44-29-13-21(8-9-42-29)35(38,39)40/h3-13,19,22,28H,14-18H2,1-2H3,(H2,41,43)(H,42,44,49)/t19-,28+/m0/s1. The number of nitrogen functional groups attached to an aromatic ring is 1.